The molecule has 0 radical (unpaired) electrons. The fraction of sp³-hybridized carbons (Fsp3) is 0.684. The number of likely N-dealkylation sites (tertiary alicyclic amines) is 1. The van der Waals surface area contributed by atoms with Gasteiger partial charge in [-0.15, -0.1) is 24.0 Å². The molecule has 27 heavy (non-hydrogen) atoms. The normalized spacial score (nSPS) is 19.7. The standard InChI is InChI=1S/C19H31N5OS.HI/c1-16(18(25)23-8-3-4-9-23)22-10-12-24(13-11-22)19(20-2)21-7-5-17-6-14-26-15-17;/h6,14-16H,3-5,7-13H2,1-2H3,(H,20,21);1H. The van der Waals surface area contributed by atoms with Crippen LogP contribution in [0.3, 0.4) is 0 Å². The van der Waals surface area contributed by atoms with Crippen LogP contribution in [0.15, 0.2) is 21.8 Å². The van der Waals surface area contributed by atoms with Gasteiger partial charge in [0.2, 0.25) is 5.91 Å². The van der Waals surface area contributed by atoms with Crippen molar-refractivity contribution in [3.05, 3.63) is 22.4 Å². The summed E-state index contributed by atoms with van der Waals surface area (Å²) in [6.07, 6.45) is 3.32. The summed E-state index contributed by atoms with van der Waals surface area (Å²) < 4.78 is 0. The Bertz CT molecular complexity index is 595. The minimum absolute atomic E-state index is 0. The number of hydrogen-bond donors (Lipinski definition) is 1. The molecule has 0 spiro atoms. The molecule has 3 heterocycles. The molecule has 2 aliphatic heterocycles. The summed E-state index contributed by atoms with van der Waals surface area (Å²) in [5, 5.41) is 7.79. The molecule has 1 atom stereocenters. The Hall–Kier alpha value is -0.870. The van der Waals surface area contributed by atoms with Crippen molar-refractivity contribution in [3.8, 4) is 0 Å². The maximum absolute atomic E-state index is 12.6. The van der Waals surface area contributed by atoms with Crippen molar-refractivity contribution < 1.29 is 4.79 Å². The molecule has 1 aromatic heterocycles. The molecule has 1 N–H and O–H groups in total. The van der Waals surface area contributed by atoms with E-state index in [0.29, 0.717) is 5.91 Å². The van der Waals surface area contributed by atoms with Crippen molar-refractivity contribution in [2.24, 2.45) is 4.99 Å². The van der Waals surface area contributed by atoms with Gasteiger partial charge in [-0.3, -0.25) is 14.7 Å². The lowest BCUT2D eigenvalue weighted by Gasteiger charge is -2.39. The first-order valence-electron chi connectivity index (χ1n) is 9.68. The Morgan fingerprint density at radius 3 is 2.48 bits per heavy atom. The second-order valence-corrected chi connectivity index (χ2v) is 7.87. The fourth-order valence-electron chi connectivity index (χ4n) is 3.76. The van der Waals surface area contributed by atoms with Crippen LogP contribution in [0.2, 0.25) is 0 Å². The van der Waals surface area contributed by atoms with Gasteiger partial charge in [-0.2, -0.15) is 11.3 Å². The average molecular weight is 505 g/mol. The van der Waals surface area contributed by atoms with Crippen molar-refractivity contribution in [1.29, 1.82) is 0 Å². The van der Waals surface area contributed by atoms with Gasteiger partial charge in [-0.25, -0.2) is 0 Å². The second-order valence-electron chi connectivity index (χ2n) is 7.09. The van der Waals surface area contributed by atoms with Crippen molar-refractivity contribution in [1.82, 2.24) is 20.0 Å². The van der Waals surface area contributed by atoms with Crippen LogP contribution in [0.4, 0.5) is 0 Å². The Kier molecular flexibility index (Phi) is 9.31. The quantitative estimate of drug-likeness (QED) is 0.379. The van der Waals surface area contributed by atoms with E-state index in [4.69, 9.17) is 0 Å². The van der Waals surface area contributed by atoms with E-state index < -0.39 is 0 Å². The van der Waals surface area contributed by atoms with Gasteiger partial charge in [0.05, 0.1) is 6.04 Å². The van der Waals surface area contributed by atoms with Gasteiger partial charge in [-0.1, -0.05) is 0 Å². The summed E-state index contributed by atoms with van der Waals surface area (Å²) in [5.74, 6) is 1.27. The van der Waals surface area contributed by atoms with Crippen LogP contribution < -0.4 is 5.32 Å². The third-order valence-corrected chi connectivity index (χ3v) is 6.16. The zero-order chi connectivity index (χ0) is 18.4. The minimum Gasteiger partial charge on any atom is -0.356 e. The number of nitrogens with one attached hydrogen (secondary N) is 1. The largest absolute Gasteiger partial charge is 0.356 e. The molecule has 2 fully saturated rings. The smallest absolute Gasteiger partial charge is 0.239 e. The Labute approximate surface area is 184 Å². The first-order valence-corrected chi connectivity index (χ1v) is 10.6. The number of halogens is 1. The lowest BCUT2D eigenvalue weighted by Crippen LogP contribution is -2.57. The molecule has 0 aliphatic carbocycles. The summed E-state index contributed by atoms with van der Waals surface area (Å²) in [7, 11) is 1.85. The number of aliphatic imine (C=N–C) groups is 1. The Balaban J connectivity index is 0.00000261. The lowest BCUT2D eigenvalue weighted by molar-refractivity contribution is -0.135. The van der Waals surface area contributed by atoms with Crippen LogP contribution in [-0.2, 0) is 11.2 Å². The summed E-state index contributed by atoms with van der Waals surface area (Å²) in [6, 6.07) is 2.16. The average Bonchev–Trinajstić information content (AvgIpc) is 3.38. The van der Waals surface area contributed by atoms with Crippen molar-refractivity contribution in [3.63, 3.8) is 0 Å². The van der Waals surface area contributed by atoms with Gasteiger partial charge >= 0.3 is 0 Å². The van der Waals surface area contributed by atoms with E-state index in [1.165, 1.54) is 5.56 Å². The molecule has 0 bridgehead atoms. The van der Waals surface area contributed by atoms with Crippen LogP contribution in [0.1, 0.15) is 25.3 Å². The van der Waals surface area contributed by atoms with Crippen LogP contribution in [0, 0.1) is 0 Å². The number of carbonyl (C=O) groups is 1. The summed E-state index contributed by atoms with van der Waals surface area (Å²) in [5.41, 5.74) is 1.37. The zero-order valence-corrected chi connectivity index (χ0v) is 19.5. The van der Waals surface area contributed by atoms with Crippen LogP contribution in [-0.4, -0.2) is 85.5 Å². The predicted molar refractivity (Wildman–Crippen MR) is 123 cm³/mol. The number of guanidine groups is 1. The van der Waals surface area contributed by atoms with E-state index in [0.717, 1.165) is 71.0 Å². The number of carbonyl (C=O) groups excluding carboxylic acids is 1. The second kappa shape index (κ2) is 11.2. The molecule has 1 aromatic rings. The number of piperazine rings is 1. The molecule has 1 unspecified atom stereocenters. The van der Waals surface area contributed by atoms with E-state index in [-0.39, 0.29) is 30.0 Å². The predicted octanol–water partition coefficient (Wildman–Crippen LogP) is 2.11. The summed E-state index contributed by atoms with van der Waals surface area (Å²) >= 11 is 1.74. The van der Waals surface area contributed by atoms with Gasteiger partial charge in [0.25, 0.3) is 0 Å². The molecule has 152 valence electrons. The van der Waals surface area contributed by atoms with Gasteiger partial charge in [0.1, 0.15) is 0 Å². The SMILES string of the molecule is CN=C(NCCc1ccsc1)N1CCN(C(C)C(=O)N2CCCC2)CC1.I. The maximum Gasteiger partial charge on any atom is 0.239 e. The van der Waals surface area contributed by atoms with Gasteiger partial charge in [0.15, 0.2) is 5.96 Å². The molecule has 2 saturated heterocycles. The van der Waals surface area contributed by atoms with E-state index in [1.807, 2.05) is 11.9 Å². The van der Waals surface area contributed by atoms with Crippen molar-refractivity contribution in [2.75, 3.05) is 52.9 Å². The number of hydrogen-bond acceptors (Lipinski definition) is 4. The highest BCUT2D eigenvalue weighted by Crippen LogP contribution is 2.14. The van der Waals surface area contributed by atoms with Crippen LogP contribution in [0.5, 0.6) is 0 Å². The molecule has 1 amide bonds. The maximum atomic E-state index is 12.6. The third kappa shape index (κ3) is 6.05. The topological polar surface area (TPSA) is 51.2 Å². The Morgan fingerprint density at radius 2 is 1.89 bits per heavy atom. The molecule has 8 heteroatoms. The monoisotopic (exact) mass is 505 g/mol. The fourth-order valence-corrected chi connectivity index (χ4v) is 4.47. The van der Waals surface area contributed by atoms with Gasteiger partial charge in [-0.05, 0) is 48.6 Å². The third-order valence-electron chi connectivity index (χ3n) is 5.43. The van der Waals surface area contributed by atoms with E-state index in [1.54, 1.807) is 11.3 Å². The number of thiophene rings is 1. The van der Waals surface area contributed by atoms with Crippen molar-refractivity contribution >= 4 is 47.2 Å². The molecule has 0 saturated carbocycles. The first kappa shape index (κ1) is 22.4. The molecule has 2 aliphatic rings. The van der Waals surface area contributed by atoms with Crippen LogP contribution in [0.25, 0.3) is 0 Å². The van der Waals surface area contributed by atoms with E-state index in [2.05, 4.69) is 43.9 Å². The minimum atomic E-state index is -0.0104. The number of amides is 1. The first-order chi connectivity index (χ1) is 12.7. The molecule has 6 nitrogen and oxygen atoms in total. The lowest BCUT2D eigenvalue weighted by atomic mass is 10.2. The molecular weight excluding hydrogens is 473 g/mol. The highest BCUT2D eigenvalue weighted by molar-refractivity contribution is 14.0. The Morgan fingerprint density at radius 1 is 1.19 bits per heavy atom. The zero-order valence-electron chi connectivity index (χ0n) is 16.4. The van der Waals surface area contributed by atoms with Gasteiger partial charge in [0, 0.05) is 52.9 Å². The molecular formula is C19H32IN5OS. The van der Waals surface area contributed by atoms with Crippen LogP contribution >= 0.6 is 35.3 Å². The van der Waals surface area contributed by atoms with E-state index in [9.17, 15) is 4.79 Å². The van der Waals surface area contributed by atoms with E-state index >= 15 is 0 Å². The number of rotatable bonds is 5. The number of nitrogens with zero attached hydrogens (tertiary/aromatic N) is 4. The highest BCUT2D eigenvalue weighted by atomic mass is 127. The highest BCUT2D eigenvalue weighted by Gasteiger charge is 2.30. The van der Waals surface area contributed by atoms with Gasteiger partial charge < -0.3 is 15.1 Å². The summed E-state index contributed by atoms with van der Waals surface area (Å²) in [6.45, 7) is 8.47. The summed E-state index contributed by atoms with van der Waals surface area (Å²) in [4.78, 5) is 23.7. The molecule has 0 aromatic carbocycles. The van der Waals surface area contributed by atoms with Crippen molar-refractivity contribution in [2.45, 2.75) is 32.2 Å². The molecule has 3 rings (SSSR count).